The molecule has 25 heavy (non-hydrogen) atoms. The van der Waals surface area contributed by atoms with Crippen molar-refractivity contribution in [2.24, 2.45) is 0 Å². The molecule has 3 aromatic carbocycles. The molecule has 0 aliphatic rings. The quantitative estimate of drug-likeness (QED) is 0.680. The van der Waals surface area contributed by atoms with Crippen LogP contribution in [0.2, 0.25) is 0 Å². The topological polar surface area (TPSA) is 74.6 Å². The van der Waals surface area contributed by atoms with Gasteiger partial charge in [-0.15, -0.1) is 0 Å². The minimum absolute atomic E-state index is 0.0347. The number of phenols is 2. The van der Waals surface area contributed by atoms with Crippen LogP contribution < -0.4 is 0 Å². The molecule has 0 fully saturated rings. The van der Waals surface area contributed by atoms with Gasteiger partial charge >= 0.3 is 0 Å². The predicted octanol–water partition coefficient (Wildman–Crippen LogP) is 4.40. The first-order valence-electron chi connectivity index (χ1n) is 7.56. The van der Waals surface area contributed by atoms with E-state index in [0.29, 0.717) is 17.6 Å². The second-order valence-corrected chi connectivity index (χ2v) is 5.04. The summed E-state index contributed by atoms with van der Waals surface area (Å²) in [6, 6.07) is 22.6. The summed E-state index contributed by atoms with van der Waals surface area (Å²) in [6.45, 7) is 1.94. The molecule has 0 saturated heterocycles. The molecule has 0 spiro atoms. The van der Waals surface area contributed by atoms with Crippen molar-refractivity contribution < 1.29 is 19.8 Å². The lowest BCUT2D eigenvalue weighted by atomic mass is 10.2. The molecule has 3 aromatic rings. The summed E-state index contributed by atoms with van der Waals surface area (Å²) in [5.74, 6) is 0.373. The fourth-order valence-corrected chi connectivity index (χ4v) is 1.75. The summed E-state index contributed by atoms with van der Waals surface area (Å²) in [5.41, 5.74) is 2.15. The summed E-state index contributed by atoms with van der Waals surface area (Å²) in [5, 5.41) is 17.7. The van der Waals surface area contributed by atoms with Crippen LogP contribution in [0.15, 0.2) is 78.9 Å². The Kier molecular flexibility index (Phi) is 8.79. The Labute approximate surface area is 147 Å². The van der Waals surface area contributed by atoms with E-state index in [1.165, 1.54) is 6.07 Å². The van der Waals surface area contributed by atoms with Gasteiger partial charge in [-0.25, -0.2) is 0 Å². The molecule has 0 aromatic heterocycles. The van der Waals surface area contributed by atoms with E-state index in [2.05, 4.69) is 0 Å². The first-order valence-corrected chi connectivity index (χ1v) is 7.56. The van der Waals surface area contributed by atoms with Gasteiger partial charge in [-0.3, -0.25) is 9.59 Å². The monoisotopic (exact) mass is 336 g/mol. The van der Waals surface area contributed by atoms with Crippen molar-refractivity contribution >= 4 is 12.6 Å². The van der Waals surface area contributed by atoms with Gasteiger partial charge in [-0.05, 0) is 36.8 Å². The molecule has 0 bridgehead atoms. The molecule has 128 valence electrons. The number of carbonyl (C=O) groups excluding carboxylic acids is 2. The van der Waals surface area contributed by atoms with Gasteiger partial charge in [0.1, 0.15) is 17.8 Å². The number of phenolic OH excluding ortho intramolecular Hbond substituents is 2. The number of rotatable bonds is 2. The van der Waals surface area contributed by atoms with E-state index in [4.69, 9.17) is 10.2 Å². The van der Waals surface area contributed by atoms with Crippen molar-refractivity contribution in [2.45, 2.75) is 6.92 Å². The Hall–Kier alpha value is -3.40. The Morgan fingerprint density at radius 2 is 1.36 bits per heavy atom. The molecule has 4 heteroatoms. The summed E-state index contributed by atoms with van der Waals surface area (Å²) < 4.78 is 0. The zero-order valence-corrected chi connectivity index (χ0v) is 13.9. The van der Waals surface area contributed by atoms with Crippen molar-refractivity contribution in [1.82, 2.24) is 0 Å². The van der Waals surface area contributed by atoms with E-state index in [1.54, 1.807) is 42.5 Å². The van der Waals surface area contributed by atoms with Crippen LogP contribution >= 0.6 is 0 Å². The van der Waals surface area contributed by atoms with Gasteiger partial charge in [0.2, 0.25) is 0 Å². The SMILES string of the molecule is Cc1cccc(O)c1.O=Cc1ccccc1.O=Cc1ccccc1O. The molecule has 0 aliphatic heterocycles. The Morgan fingerprint density at radius 1 is 0.720 bits per heavy atom. The molecular weight excluding hydrogens is 316 g/mol. The second-order valence-electron chi connectivity index (χ2n) is 5.04. The molecule has 2 N–H and O–H groups in total. The van der Waals surface area contributed by atoms with E-state index in [-0.39, 0.29) is 5.75 Å². The van der Waals surface area contributed by atoms with Gasteiger partial charge in [0.15, 0.2) is 6.29 Å². The van der Waals surface area contributed by atoms with Crippen LogP contribution in [-0.2, 0) is 0 Å². The van der Waals surface area contributed by atoms with Crippen LogP contribution in [0.4, 0.5) is 0 Å². The standard InChI is InChI=1S/C7H6O2.C7H8O.C7H6O/c8-5-6-3-1-2-4-7(6)9;1-6-3-2-4-7(8)5-6;8-6-7-4-2-1-3-5-7/h1-5,9H;2-5,8H,1H3;1-6H. The number of hydrogen-bond acceptors (Lipinski definition) is 4. The molecule has 0 aliphatic carbocycles. The van der Waals surface area contributed by atoms with Crippen molar-refractivity contribution in [1.29, 1.82) is 0 Å². The third kappa shape index (κ3) is 8.13. The molecule has 0 saturated carbocycles. The zero-order valence-electron chi connectivity index (χ0n) is 13.9. The Balaban J connectivity index is 0.000000188. The summed E-state index contributed by atoms with van der Waals surface area (Å²) in [4.78, 5) is 20.1. The van der Waals surface area contributed by atoms with Crippen LogP contribution in [0.25, 0.3) is 0 Å². The van der Waals surface area contributed by atoms with Gasteiger partial charge < -0.3 is 10.2 Å². The van der Waals surface area contributed by atoms with Crippen molar-refractivity contribution in [3.8, 4) is 11.5 Å². The highest BCUT2D eigenvalue weighted by atomic mass is 16.3. The molecule has 0 heterocycles. The van der Waals surface area contributed by atoms with Crippen LogP contribution in [0, 0.1) is 6.92 Å². The fraction of sp³-hybridized carbons (Fsp3) is 0.0476. The fourth-order valence-electron chi connectivity index (χ4n) is 1.75. The number of carbonyl (C=O) groups is 2. The van der Waals surface area contributed by atoms with Gasteiger partial charge in [0.25, 0.3) is 0 Å². The number of aryl methyl sites for hydroxylation is 1. The van der Waals surface area contributed by atoms with E-state index in [0.717, 1.165) is 17.4 Å². The third-order valence-electron chi connectivity index (χ3n) is 3.00. The minimum Gasteiger partial charge on any atom is -0.508 e. The first kappa shape index (κ1) is 19.6. The zero-order chi connectivity index (χ0) is 18.5. The number of hydrogen-bond donors (Lipinski definition) is 2. The van der Waals surface area contributed by atoms with E-state index < -0.39 is 0 Å². The lowest BCUT2D eigenvalue weighted by Gasteiger charge is -1.91. The Bertz CT molecular complexity index is 765. The van der Waals surface area contributed by atoms with Crippen molar-refractivity contribution in [2.75, 3.05) is 0 Å². The first-order chi connectivity index (χ1) is 12.1. The molecule has 3 rings (SSSR count). The average Bonchev–Trinajstić information content (AvgIpc) is 2.64. The highest BCUT2D eigenvalue weighted by Gasteiger charge is 1.93. The van der Waals surface area contributed by atoms with E-state index in [1.807, 2.05) is 37.3 Å². The molecule has 4 nitrogen and oxygen atoms in total. The molecule has 0 radical (unpaired) electrons. The van der Waals surface area contributed by atoms with Crippen molar-refractivity contribution in [3.63, 3.8) is 0 Å². The summed E-state index contributed by atoms with van der Waals surface area (Å²) >= 11 is 0. The maximum atomic E-state index is 10.1. The normalized spacial score (nSPS) is 8.84. The maximum Gasteiger partial charge on any atom is 0.153 e. The second kappa shape index (κ2) is 11.2. The number of aldehydes is 2. The number of benzene rings is 3. The lowest BCUT2D eigenvalue weighted by Crippen LogP contribution is -1.77. The summed E-state index contributed by atoms with van der Waals surface area (Å²) in [6.07, 6.45) is 1.45. The smallest absolute Gasteiger partial charge is 0.153 e. The lowest BCUT2D eigenvalue weighted by molar-refractivity contribution is 0.111. The van der Waals surface area contributed by atoms with Gasteiger partial charge in [-0.2, -0.15) is 0 Å². The van der Waals surface area contributed by atoms with E-state index in [9.17, 15) is 9.59 Å². The minimum atomic E-state index is 0.0347. The van der Waals surface area contributed by atoms with Gasteiger partial charge in [-0.1, -0.05) is 54.6 Å². The van der Waals surface area contributed by atoms with Crippen LogP contribution in [0.1, 0.15) is 26.3 Å². The average molecular weight is 336 g/mol. The van der Waals surface area contributed by atoms with Crippen molar-refractivity contribution in [3.05, 3.63) is 95.6 Å². The molecular formula is C21H20O4. The highest BCUT2D eigenvalue weighted by molar-refractivity contribution is 5.78. The summed E-state index contributed by atoms with van der Waals surface area (Å²) in [7, 11) is 0. The molecule has 0 atom stereocenters. The van der Waals surface area contributed by atoms with Gasteiger partial charge in [0, 0.05) is 5.56 Å². The number of aromatic hydroxyl groups is 2. The highest BCUT2D eigenvalue weighted by Crippen LogP contribution is 2.11. The molecule has 0 unspecified atom stereocenters. The van der Waals surface area contributed by atoms with Crippen LogP contribution in [0.3, 0.4) is 0 Å². The maximum absolute atomic E-state index is 10.1. The van der Waals surface area contributed by atoms with E-state index >= 15 is 0 Å². The van der Waals surface area contributed by atoms with Crippen LogP contribution in [0.5, 0.6) is 11.5 Å². The Morgan fingerprint density at radius 3 is 1.76 bits per heavy atom. The van der Waals surface area contributed by atoms with Crippen LogP contribution in [-0.4, -0.2) is 22.8 Å². The third-order valence-corrected chi connectivity index (χ3v) is 3.00. The largest absolute Gasteiger partial charge is 0.508 e. The van der Waals surface area contributed by atoms with Gasteiger partial charge in [0.05, 0.1) is 5.56 Å². The number of para-hydroxylation sites is 1. The molecule has 0 amide bonds. The predicted molar refractivity (Wildman–Crippen MR) is 98.2 cm³/mol.